The summed E-state index contributed by atoms with van der Waals surface area (Å²) in [5.74, 6) is -1.44. The molecule has 0 aliphatic heterocycles. The van der Waals surface area contributed by atoms with Gasteiger partial charge in [0, 0.05) is 12.1 Å². The Hall–Kier alpha value is -1.75. The van der Waals surface area contributed by atoms with Gasteiger partial charge in [-0.15, -0.1) is 0 Å². The van der Waals surface area contributed by atoms with Crippen LogP contribution in [0.2, 0.25) is 0 Å². The van der Waals surface area contributed by atoms with E-state index in [1.165, 1.54) is 18.2 Å². The quantitative estimate of drug-likeness (QED) is 0.581. The molecular formula is C12H14FNO3. The summed E-state index contributed by atoms with van der Waals surface area (Å²) in [5.41, 5.74) is 0.841. The van der Waals surface area contributed by atoms with Gasteiger partial charge in [-0.2, -0.15) is 0 Å². The molecule has 0 amide bonds. The predicted molar refractivity (Wildman–Crippen MR) is 60.6 cm³/mol. The molecule has 4 nitrogen and oxygen atoms in total. The number of halogens is 1. The number of carboxylic acids is 1. The van der Waals surface area contributed by atoms with Crippen molar-refractivity contribution in [2.45, 2.75) is 13.3 Å². The number of nitrogens with one attached hydrogen (secondary N) is 1. The van der Waals surface area contributed by atoms with Crippen LogP contribution in [-0.4, -0.2) is 29.9 Å². The third-order valence-electron chi connectivity index (χ3n) is 2.28. The van der Waals surface area contributed by atoms with Gasteiger partial charge in [-0.25, -0.2) is 4.39 Å². The van der Waals surface area contributed by atoms with Gasteiger partial charge < -0.3 is 10.4 Å². The summed E-state index contributed by atoms with van der Waals surface area (Å²) in [6, 6.07) is 4.15. The van der Waals surface area contributed by atoms with E-state index in [-0.39, 0.29) is 31.1 Å². The molecule has 1 aromatic carbocycles. The molecule has 0 fully saturated rings. The van der Waals surface area contributed by atoms with Crippen LogP contribution in [0.3, 0.4) is 0 Å². The zero-order chi connectivity index (χ0) is 12.8. The summed E-state index contributed by atoms with van der Waals surface area (Å²) < 4.78 is 13.0. The van der Waals surface area contributed by atoms with Gasteiger partial charge in [-0.3, -0.25) is 9.59 Å². The van der Waals surface area contributed by atoms with E-state index in [1.54, 1.807) is 6.92 Å². The third kappa shape index (κ3) is 4.32. The molecule has 2 N–H and O–H groups in total. The number of rotatable bonds is 6. The van der Waals surface area contributed by atoms with Gasteiger partial charge in [-0.05, 0) is 30.7 Å². The van der Waals surface area contributed by atoms with Crippen molar-refractivity contribution >= 4 is 11.8 Å². The molecule has 0 saturated carbocycles. The van der Waals surface area contributed by atoms with E-state index < -0.39 is 5.97 Å². The number of carboxylic acid groups (broad SMARTS) is 1. The lowest BCUT2D eigenvalue weighted by Gasteiger charge is -2.04. The van der Waals surface area contributed by atoms with Gasteiger partial charge in [0.25, 0.3) is 0 Å². The number of benzene rings is 1. The molecule has 0 heterocycles. The summed E-state index contributed by atoms with van der Waals surface area (Å²) in [5, 5.41) is 11.1. The van der Waals surface area contributed by atoms with Crippen molar-refractivity contribution in [1.29, 1.82) is 0 Å². The monoisotopic (exact) mass is 239 g/mol. The number of aliphatic carboxylic acids is 1. The minimum Gasteiger partial charge on any atom is -0.481 e. The van der Waals surface area contributed by atoms with E-state index in [0.29, 0.717) is 11.1 Å². The largest absolute Gasteiger partial charge is 0.481 e. The molecular weight excluding hydrogens is 225 g/mol. The molecule has 92 valence electrons. The second kappa shape index (κ2) is 6.10. The first-order valence-corrected chi connectivity index (χ1v) is 5.22. The van der Waals surface area contributed by atoms with Crippen LogP contribution in [0.1, 0.15) is 22.3 Å². The number of hydrogen-bond donors (Lipinski definition) is 2. The topological polar surface area (TPSA) is 66.4 Å². The maximum atomic E-state index is 13.0. The first kappa shape index (κ1) is 13.3. The Balaban J connectivity index is 2.47. The van der Waals surface area contributed by atoms with Gasteiger partial charge in [0.05, 0.1) is 13.0 Å². The lowest BCUT2D eigenvalue weighted by atomic mass is 10.1. The normalized spacial score (nSPS) is 10.2. The highest BCUT2D eigenvalue weighted by Crippen LogP contribution is 2.09. The fourth-order valence-electron chi connectivity index (χ4n) is 1.32. The van der Waals surface area contributed by atoms with Crippen LogP contribution in [0, 0.1) is 12.7 Å². The zero-order valence-electron chi connectivity index (χ0n) is 9.50. The van der Waals surface area contributed by atoms with Crippen molar-refractivity contribution in [2.24, 2.45) is 0 Å². The average Bonchev–Trinajstić information content (AvgIpc) is 2.27. The van der Waals surface area contributed by atoms with Crippen LogP contribution in [0.15, 0.2) is 18.2 Å². The summed E-state index contributed by atoms with van der Waals surface area (Å²) in [7, 11) is 0. The fourth-order valence-corrected chi connectivity index (χ4v) is 1.32. The van der Waals surface area contributed by atoms with Gasteiger partial charge in [0.2, 0.25) is 0 Å². The van der Waals surface area contributed by atoms with Crippen molar-refractivity contribution in [1.82, 2.24) is 5.32 Å². The molecule has 0 radical (unpaired) electrons. The molecule has 0 bridgehead atoms. The van der Waals surface area contributed by atoms with Gasteiger partial charge in [-0.1, -0.05) is 0 Å². The van der Waals surface area contributed by atoms with Gasteiger partial charge >= 0.3 is 5.97 Å². The zero-order valence-corrected chi connectivity index (χ0v) is 9.50. The maximum Gasteiger partial charge on any atom is 0.304 e. The van der Waals surface area contributed by atoms with E-state index >= 15 is 0 Å². The van der Waals surface area contributed by atoms with Crippen LogP contribution in [-0.2, 0) is 4.79 Å². The number of hydrogen-bond acceptors (Lipinski definition) is 3. The third-order valence-corrected chi connectivity index (χ3v) is 2.28. The number of aryl methyl sites for hydroxylation is 1. The Labute approximate surface area is 98.5 Å². The molecule has 0 spiro atoms. The Morgan fingerprint density at radius 2 is 2.12 bits per heavy atom. The summed E-state index contributed by atoms with van der Waals surface area (Å²) in [6.07, 6.45) is -0.0320. The van der Waals surface area contributed by atoms with E-state index in [0.717, 1.165) is 0 Å². The minimum absolute atomic E-state index is 0.0320. The lowest BCUT2D eigenvalue weighted by Crippen LogP contribution is -2.25. The average molecular weight is 239 g/mol. The summed E-state index contributed by atoms with van der Waals surface area (Å²) in [4.78, 5) is 21.9. The first-order valence-electron chi connectivity index (χ1n) is 5.22. The number of carbonyl (C=O) groups excluding carboxylic acids is 1. The van der Waals surface area contributed by atoms with Crippen LogP contribution in [0.5, 0.6) is 0 Å². The van der Waals surface area contributed by atoms with Crippen LogP contribution in [0.25, 0.3) is 0 Å². The van der Waals surface area contributed by atoms with Crippen molar-refractivity contribution in [3.8, 4) is 0 Å². The molecule has 5 heteroatoms. The molecule has 0 atom stereocenters. The standard InChI is InChI=1S/C12H14FNO3/c1-8-6-9(2-3-10(8)13)11(15)7-14-5-4-12(16)17/h2-3,6,14H,4-5,7H2,1H3,(H,16,17). The van der Waals surface area contributed by atoms with Crippen LogP contribution in [0.4, 0.5) is 4.39 Å². The highest BCUT2D eigenvalue weighted by Gasteiger charge is 2.07. The lowest BCUT2D eigenvalue weighted by molar-refractivity contribution is -0.136. The van der Waals surface area contributed by atoms with Crippen LogP contribution < -0.4 is 5.32 Å². The Bertz CT molecular complexity index is 432. The second-order valence-electron chi connectivity index (χ2n) is 3.71. The predicted octanol–water partition coefficient (Wildman–Crippen LogP) is 1.38. The number of Topliss-reactive ketones (excluding diaryl/α,β-unsaturated/α-hetero) is 1. The van der Waals surface area contributed by atoms with Crippen molar-refractivity contribution in [2.75, 3.05) is 13.1 Å². The molecule has 17 heavy (non-hydrogen) atoms. The molecule has 0 aliphatic rings. The van der Waals surface area contributed by atoms with Gasteiger partial charge in [0.1, 0.15) is 5.82 Å². The van der Waals surface area contributed by atoms with Crippen LogP contribution >= 0.6 is 0 Å². The summed E-state index contributed by atoms with van der Waals surface area (Å²) in [6.45, 7) is 1.88. The maximum absolute atomic E-state index is 13.0. The SMILES string of the molecule is Cc1cc(C(=O)CNCCC(=O)O)ccc1F. The van der Waals surface area contributed by atoms with E-state index in [4.69, 9.17) is 5.11 Å². The first-order chi connectivity index (χ1) is 8.00. The molecule has 1 rings (SSSR count). The Morgan fingerprint density at radius 1 is 1.41 bits per heavy atom. The molecule has 0 aliphatic carbocycles. The van der Waals surface area contributed by atoms with Gasteiger partial charge in [0.15, 0.2) is 5.78 Å². The molecule has 0 aromatic heterocycles. The molecule has 1 aromatic rings. The summed E-state index contributed by atoms with van der Waals surface area (Å²) >= 11 is 0. The van der Waals surface area contributed by atoms with Crippen molar-refractivity contribution in [3.05, 3.63) is 35.1 Å². The second-order valence-corrected chi connectivity index (χ2v) is 3.71. The van der Waals surface area contributed by atoms with E-state index in [9.17, 15) is 14.0 Å². The van der Waals surface area contributed by atoms with E-state index in [1.807, 2.05) is 0 Å². The highest BCUT2D eigenvalue weighted by molar-refractivity contribution is 5.97. The van der Waals surface area contributed by atoms with Crippen molar-refractivity contribution < 1.29 is 19.1 Å². The Kier molecular flexibility index (Phi) is 4.78. The minimum atomic E-state index is -0.914. The van der Waals surface area contributed by atoms with E-state index in [2.05, 4.69) is 5.32 Å². The fraction of sp³-hybridized carbons (Fsp3) is 0.333. The smallest absolute Gasteiger partial charge is 0.304 e. The highest BCUT2D eigenvalue weighted by atomic mass is 19.1. The molecule has 0 unspecified atom stereocenters. The van der Waals surface area contributed by atoms with Crippen molar-refractivity contribution in [3.63, 3.8) is 0 Å². The Morgan fingerprint density at radius 3 is 2.71 bits per heavy atom. The number of ketones is 1. The number of carbonyl (C=O) groups is 2. The molecule has 0 saturated heterocycles.